The van der Waals surface area contributed by atoms with E-state index in [2.05, 4.69) is 31.6 Å². The van der Waals surface area contributed by atoms with Gasteiger partial charge in [0.2, 0.25) is 0 Å². The summed E-state index contributed by atoms with van der Waals surface area (Å²) in [6.07, 6.45) is -5.04. The molecule has 0 heterocycles. The Hall–Kier alpha value is -0.510. The van der Waals surface area contributed by atoms with Gasteiger partial charge in [-0.2, -0.15) is 13.2 Å². The van der Waals surface area contributed by atoms with Crippen LogP contribution in [-0.2, 0) is 6.54 Å². The molecule has 0 amide bonds. The lowest BCUT2D eigenvalue weighted by Gasteiger charge is -2.12. The fraction of sp³-hybridized carbons (Fsp3) is 0.462. The molecule has 0 radical (unpaired) electrons. The molecule has 0 fully saturated rings. The molecule has 21 heavy (non-hydrogen) atoms. The minimum absolute atomic E-state index is 0. The third-order valence-corrected chi connectivity index (χ3v) is 2.91. The van der Waals surface area contributed by atoms with Gasteiger partial charge in [-0.15, -0.1) is 24.0 Å². The topological polar surface area (TPSA) is 36.4 Å². The van der Waals surface area contributed by atoms with Crippen LogP contribution in [0.5, 0.6) is 0 Å². The molecule has 0 aliphatic heterocycles. The van der Waals surface area contributed by atoms with E-state index in [-0.39, 0.29) is 30.5 Å². The average Bonchev–Trinajstić information content (AvgIpc) is 2.36. The van der Waals surface area contributed by atoms with Gasteiger partial charge >= 0.3 is 6.18 Å². The van der Waals surface area contributed by atoms with E-state index in [0.29, 0.717) is 19.0 Å². The zero-order valence-corrected chi connectivity index (χ0v) is 15.4. The second-order valence-electron chi connectivity index (χ2n) is 4.11. The van der Waals surface area contributed by atoms with E-state index in [4.69, 9.17) is 0 Å². The summed E-state index contributed by atoms with van der Waals surface area (Å²) in [5.41, 5.74) is 0.987. The normalized spacial score (nSPS) is 11.8. The van der Waals surface area contributed by atoms with Gasteiger partial charge in [0.05, 0.1) is 13.0 Å². The van der Waals surface area contributed by atoms with Gasteiger partial charge in [0.1, 0.15) is 0 Å². The average molecular weight is 480 g/mol. The first-order chi connectivity index (χ1) is 9.40. The van der Waals surface area contributed by atoms with E-state index in [1.165, 1.54) is 0 Å². The lowest BCUT2D eigenvalue weighted by Crippen LogP contribution is -2.38. The minimum atomic E-state index is -4.16. The highest BCUT2D eigenvalue weighted by atomic mass is 127. The SMILES string of the molecule is CCNC(=NCc1ccc(Br)cc1)NCCC(F)(F)F.I. The number of nitrogens with one attached hydrogen (secondary N) is 2. The Morgan fingerprint density at radius 3 is 2.33 bits per heavy atom. The molecule has 0 atom stereocenters. The van der Waals surface area contributed by atoms with E-state index >= 15 is 0 Å². The number of benzene rings is 1. The molecule has 1 aromatic carbocycles. The molecule has 0 aromatic heterocycles. The van der Waals surface area contributed by atoms with Crippen LogP contribution in [0, 0.1) is 0 Å². The number of nitrogens with zero attached hydrogens (tertiary/aromatic N) is 1. The Balaban J connectivity index is 0.00000400. The largest absolute Gasteiger partial charge is 0.390 e. The predicted molar refractivity (Wildman–Crippen MR) is 93.0 cm³/mol. The lowest BCUT2D eigenvalue weighted by molar-refractivity contribution is -0.132. The quantitative estimate of drug-likeness (QED) is 0.379. The summed E-state index contributed by atoms with van der Waals surface area (Å²) < 4.78 is 37.2. The Morgan fingerprint density at radius 2 is 1.81 bits per heavy atom. The summed E-state index contributed by atoms with van der Waals surface area (Å²) in [5.74, 6) is 0.389. The molecular weight excluding hydrogens is 462 g/mol. The summed E-state index contributed by atoms with van der Waals surface area (Å²) in [5, 5.41) is 5.58. The number of aliphatic imine (C=N–C) groups is 1. The second-order valence-corrected chi connectivity index (χ2v) is 5.03. The van der Waals surface area contributed by atoms with Crippen molar-refractivity contribution in [2.75, 3.05) is 13.1 Å². The summed E-state index contributed by atoms with van der Waals surface area (Å²) in [6, 6.07) is 7.61. The van der Waals surface area contributed by atoms with Crippen molar-refractivity contribution in [3.63, 3.8) is 0 Å². The third-order valence-electron chi connectivity index (χ3n) is 2.38. The van der Waals surface area contributed by atoms with Gasteiger partial charge in [-0.25, -0.2) is 4.99 Å². The van der Waals surface area contributed by atoms with E-state index in [0.717, 1.165) is 10.0 Å². The molecule has 8 heteroatoms. The standard InChI is InChI=1S/C13H17BrF3N3.HI/c1-2-18-12(19-8-7-13(15,16)17)20-9-10-3-5-11(14)6-4-10;/h3-6H,2,7-9H2,1H3,(H2,18,19,20);1H. The maximum Gasteiger partial charge on any atom is 0.390 e. The molecular formula is C13H18BrF3IN3. The highest BCUT2D eigenvalue weighted by molar-refractivity contribution is 14.0. The molecule has 0 aliphatic rings. The smallest absolute Gasteiger partial charge is 0.357 e. The van der Waals surface area contributed by atoms with Gasteiger partial charge in [-0.05, 0) is 24.6 Å². The number of halogens is 5. The molecule has 2 N–H and O–H groups in total. The molecule has 0 unspecified atom stereocenters. The van der Waals surface area contributed by atoms with Gasteiger partial charge in [0.25, 0.3) is 0 Å². The zero-order chi connectivity index (χ0) is 15.0. The van der Waals surface area contributed by atoms with E-state index < -0.39 is 12.6 Å². The molecule has 1 aromatic rings. The summed E-state index contributed by atoms with van der Waals surface area (Å²) in [6.45, 7) is 2.68. The first-order valence-corrected chi connectivity index (χ1v) is 7.03. The van der Waals surface area contributed by atoms with Crippen molar-refractivity contribution < 1.29 is 13.2 Å². The maximum atomic E-state index is 12.1. The highest BCUT2D eigenvalue weighted by Gasteiger charge is 2.26. The van der Waals surface area contributed by atoms with Gasteiger partial charge < -0.3 is 10.6 Å². The van der Waals surface area contributed by atoms with E-state index in [9.17, 15) is 13.2 Å². The Morgan fingerprint density at radius 1 is 1.19 bits per heavy atom. The Kier molecular flexibility index (Phi) is 10.0. The van der Waals surface area contributed by atoms with Crippen molar-refractivity contribution in [3.05, 3.63) is 34.3 Å². The van der Waals surface area contributed by atoms with E-state index in [1.54, 1.807) is 0 Å². The number of rotatable bonds is 5. The van der Waals surface area contributed by atoms with Crippen molar-refractivity contribution in [3.8, 4) is 0 Å². The van der Waals surface area contributed by atoms with Crippen LogP contribution in [-0.4, -0.2) is 25.2 Å². The fourth-order valence-corrected chi connectivity index (χ4v) is 1.69. The molecule has 0 bridgehead atoms. The number of guanidine groups is 1. The van der Waals surface area contributed by atoms with Crippen molar-refractivity contribution in [1.82, 2.24) is 10.6 Å². The van der Waals surface area contributed by atoms with Crippen molar-refractivity contribution >= 4 is 45.9 Å². The zero-order valence-electron chi connectivity index (χ0n) is 11.5. The monoisotopic (exact) mass is 479 g/mol. The van der Waals surface area contributed by atoms with Gasteiger partial charge in [-0.3, -0.25) is 0 Å². The molecule has 0 aliphatic carbocycles. The van der Waals surface area contributed by atoms with Gasteiger partial charge in [0, 0.05) is 17.6 Å². The van der Waals surface area contributed by atoms with Crippen LogP contribution in [0.25, 0.3) is 0 Å². The number of hydrogen-bond acceptors (Lipinski definition) is 1. The van der Waals surface area contributed by atoms with Crippen LogP contribution < -0.4 is 10.6 Å². The molecule has 3 nitrogen and oxygen atoms in total. The van der Waals surface area contributed by atoms with Crippen molar-refractivity contribution in [2.24, 2.45) is 4.99 Å². The Bertz CT molecular complexity index is 435. The molecule has 0 spiro atoms. The maximum absolute atomic E-state index is 12.1. The van der Waals surface area contributed by atoms with Crippen LogP contribution >= 0.6 is 39.9 Å². The number of hydrogen-bond donors (Lipinski definition) is 2. The van der Waals surface area contributed by atoms with Crippen LogP contribution in [0.15, 0.2) is 33.7 Å². The highest BCUT2D eigenvalue weighted by Crippen LogP contribution is 2.18. The van der Waals surface area contributed by atoms with Crippen molar-refractivity contribution in [1.29, 1.82) is 0 Å². The Labute approximate surface area is 147 Å². The van der Waals surface area contributed by atoms with Crippen LogP contribution in [0.3, 0.4) is 0 Å². The fourth-order valence-electron chi connectivity index (χ4n) is 1.42. The first-order valence-electron chi connectivity index (χ1n) is 6.24. The predicted octanol–water partition coefficient (Wildman–Crippen LogP) is 4.07. The molecule has 0 saturated heterocycles. The molecule has 1 rings (SSSR count). The van der Waals surface area contributed by atoms with Gasteiger partial charge in [0.15, 0.2) is 5.96 Å². The summed E-state index contributed by atoms with van der Waals surface area (Å²) >= 11 is 3.34. The molecule has 0 saturated carbocycles. The van der Waals surface area contributed by atoms with E-state index in [1.807, 2.05) is 31.2 Å². The summed E-state index contributed by atoms with van der Waals surface area (Å²) in [4.78, 5) is 4.24. The second kappa shape index (κ2) is 10.3. The molecule has 120 valence electrons. The third kappa shape index (κ3) is 9.94. The lowest BCUT2D eigenvalue weighted by atomic mass is 10.2. The van der Waals surface area contributed by atoms with Crippen LogP contribution in [0.2, 0.25) is 0 Å². The van der Waals surface area contributed by atoms with Crippen LogP contribution in [0.4, 0.5) is 13.2 Å². The first kappa shape index (κ1) is 20.5. The van der Waals surface area contributed by atoms with Crippen molar-refractivity contribution in [2.45, 2.75) is 26.1 Å². The number of alkyl halides is 3. The van der Waals surface area contributed by atoms with Gasteiger partial charge in [-0.1, -0.05) is 28.1 Å². The summed E-state index contributed by atoms with van der Waals surface area (Å²) in [7, 11) is 0. The minimum Gasteiger partial charge on any atom is -0.357 e. The van der Waals surface area contributed by atoms with Crippen LogP contribution in [0.1, 0.15) is 18.9 Å².